The van der Waals surface area contributed by atoms with Crippen molar-refractivity contribution >= 4 is 31.7 Å². The highest BCUT2D eigenvalue weighted by Gasteiger charge is 2.19. The molecule has 0 amide bonds. The second-order valence-electron chi connectivity index (χ2n) is 3.62. The van der Waals surface area contributed by atoms with Crippen LogP contribution in [-0.4, -0.2) is 39.0 Å². The lowest BCUT2D eigenvalue weighted by atomic mass is 10.2. The standard InChI is InChI=1S/C11H13BrO5S/c1-17-5-2-6-18(15,16)10-7-8(11(13)14)3-4-9(10)12/h3-4,7H,2,5-6H2,1H3,(H,13,14). The molecule has 1 aromatic carbocycles. The summed E-state index contributed by atoms with van der Waals surface area (Å²) in [5.74, 6) is -1.24. The van der Waals surface area contributed by atoms with E-state index in [9.17, 15) is 13.2 Å². The minimum atomic E-state index is -3.51. The number of hydrogen-bond donors (Lipinski definition) is 1. The van der Waals surface area contributed by atoms with Crippen LogP contribution in [0.3, 0.4) is 0 Å². The van der Waals surface area contributed by atoms with E-state index in [1.807, 2.05) is 0 Å². The fourth-order valence-electron chi connectivity index (χ4n) is 1.38. The van der Waals surface area contributed by atoms with E-state index in [1.54, 1.807) is 0 Å². The molecule has 0 bridgehead atoms. The summed E-state index contributed by atoms with van der Waals surface area (Å²) in [6, 6.07) is 3.93. The van der Waals surface area contributed by atoms with E-state index in [1.165, 1.54) is 19.2 Å². The Labute approximate surface area is 114 Å². The maximum absolute atomic E-state index is 12.0. The number of benzene rings is 1. The van der Waals surface area contributed by atoms with Crippen molar-refractivity contribution in [3.8, 4) is 0 Å². The second kappa shape index (κ2) is 6.31. The summed E-state index contributed by atoms with van der Waals surface area (Å²) in [6.45, 7) is 0.343. The Kier molecular flexibility index (Phi) is 5.30. The molecule has 0 saturated heterocycles. The molecule has 0 aromatic heterocycles. The minimum Gasteiger partial charge on any atom is -0.478 e. The van der Waals surface area contributed by atoms with Gasteiger partial charge in [0, 0.05) is 18.2 Å². The summed E-state index contributed by atoms with van der Waals surface area (Å²) in [6.07, 6.45) is 0.364. The van der Waals surface area contributed by atoms with Gasteiger partial charge >= 0.3 is 5.97 Å². The number of aromatic carboxylic acids is 1. The molecule has 1 N–H and O–H groups in total. The summed E-state index contributed by atoms with van der Waals surface area (Å²) >= 11 is 3.12. The Morgan fingerprint density at radius 1 is 1.44 bits per heavy atom. The van der Waals surface area contributed by atoms with Gasteiger partial charge in [-0.05, 0) is 40.5 Å². The highest BCUT2D eigenvalue weighted by atomic mass is 79.9. The first-order chi connectivity index (χ1) is 8.38. The predicted molar refractivity (Wildman–Crippen MR) is 69.6 cm³/mol. The maximum atomic E-state index is 12.0. The molecular formula is C11H13BrO5S. The third-order valence-corrected chi connectivity index (χ3v) is 5.06. The fraction of sp³-hybridized carbons (Fsp3) is 0.364. The summed E-state index contributed by atoms with van der Waals surface area (Å²) < 4.78 is 29.2. The molecule has 5 nitrogen and oxygen atoms in total. The molecule has 0 aliphatic rings. The average molecular weight is 337 g/mol. The van der Waals surface area contributed by atoms with Gasteiger partial charge in [-0.2, -0.15) is 0 Å². The van der Waals surface area contributed by atoms with Gasteiger partial charge in [0.15, 0.2) is 9.84 Å². The Morgan fingerprint density at radius 2 is 2.11 bits per heavy atom. The minimum absolute atomic E-state index is 0.00139. The van der Waals surface area contributed by atoms with Gasteiger partial charge in [0.2, 0.25) is 0 Å². The van der Waals surface area contributed by atoms with Gasteiger partial charge in [0.1, 0.15) is 0 Å². The number of hydrogen-bond acceptors (Lipinski definition) is 4. The predicted octanol–water partition coefficient (Wildman–Crippen LogP) is 1.96. The molecule has 7 heteroatoms. The van der Waals surface area contributed by atoms with Gasteiger partial charge in [-0.1, -0.05) is 0 Å². The van der Waals surface area contributed by atoms with Crippen molar-refractivity contribution in [1.82, 2.24) is 0 Å². The summed E-state index contributed by atoms with van der Waals surface area (Å²) in [4.78, 5) is 10.8. The molecule has 1 aromatic rings. The van der Waals surface area contributed by atoms with Crippen LogP contribution in [0, 0.1) is 0 Å². The number of rotatable bonds is 6. The first-order valence-corrected chi connectivity index (χ1v) is 7.57. The third-order valence-electron chi connectivity index (χ3n) is 2.27. The molecule has 0 heterocycles. The van der Waals surface area contributed by atoms with E-state index in [2.05, 4.69) is 15.9 Å². The number of carbonyl (C=O) groups is 1. The highest BCUT2D eigenvalue weighted by molar-refractivity contribution is 9.10. The molecule has 18 heavy (non-hydrogen) atoms. The van der Waals surface area contributed by atoms with E-state index in [-0.39, 0.29) is 16.2 Å². The molecule has 0 saturated carbocycles. The van der Waals surface area contributed by atoms with Crippen LogP contribution in [0.15, 0.2) is 27.6 Å². The van der Waals surface area contributed by atoms with Crippen LogP contribution in [0.2, 0.25) is 0 Å². The van der Waals surface area contributed by atoms with Crippen molar-refractivity contribution in [2.45, 2.75) is 11.3 Å². The zero-order valence-electron chi connectivity index (χ0n) is 9.72. The van der Waals surface area contributed by atoms with Gasteiger partial charge in [0.25, 0.3) is 0 Å². The summed E-state index contributed by atoms with van der Waals surface area (Å²) in [5, 5.41) is 8.85. The zero-order valence-corrected chi connectivity index (χ0v) is 12.1. The molecule has 0 aliphatic carbocycles. The van der Waals surface area contributed by atoms with E-state index in [0.717, 1.165) is 6.07 Å². The van der Waals surface area contributed by atoms with Crippen molar-refractivity contribution in [1.29, 1.82) is 0 Å². The molecule has 0 fully saturated rings. The van der Waals surface area contributed by atoms with Crippen LogP contribution < -0.4 is 0 Å². The molecule has 0 spiro atoms. The maximum Gasteiger partial charge on any atom is 0.335 e. The lowest BCUT2D eigenvalue weighted by Gasteiger charge is -2.07. The van der Waals surface area contributed by atoms with Crippen molar-refractivity contribution in [3.05, 3.63) is 28.2 Å². The van der Waals surface area contributed by atoms with E-state index in [0.29, 0.717) is 17.5 Å². The third kappa shape index (κ3) is 3.79. The van der Waals surface area contributed by atoms with Crippen LogP contribution in [0.5, 0.6) is 0 Å². The number of ether oxygens (including phenoxy) is 1. The van der Waals surface area contributed by atoms with Crippen LogP contribution in [0.1, 0.15) is 16.8 Å². The van der Waals surface area contributed by atoms with Gasteiger partial charge in [-0.3, -0.25) is 0 Å². The number of carboxylic acid groups (broad SMARTS) is 1. The Morgan fingerprint density at radius 3 is 2.67 bits per heavy atom. The monoisotopic (exact) mass is 336 g/mol. The Hall–Kier alpha value is -0.920. The molecular weight excluding hydrogens is 324 g/mol. The van der Waals surface area contributed by atoms with Crippen LogP contribution in [0.25, 0.3) is 0 Å². The SMILES string of the molecule is COCCCS(=O)(=O)c1cc(C(=O)O)ccc1Br. The first-order valence-electron chi connectivity index (χ1n) is 5.13. The molecule has 0 radical (unpaired) electrons. The molecule has 100 valence electrons. The zero-order chi connectivity index (χ0) is 13.8. The lowest BCUT2D eigenvalue weighted by Crippen LogP contribution is -2.11. The molecule has 1 rings (SSSR count). The Balaban J connectivity index is 3.07. The van der Waals surface area contributed by atoms with Crippen molar-refractivity contribution < 1.29 is 23.1 Å². The highest BCUT2D eigenvalue weighted by Crippen LogP contribution is 2.24. The Bertz CT molecular complexity index is 538. The summed E-state index contributed by atoms with van der Waals surface area (Å²) in [7, 11) is -2.02. The molecule has 0 unspecified atom stereocenters. The number of halogens is 1. The topological polar surface area (TPSA) is 80.7 Å². The number of methoxy groups -OCH3 is 1. The first kappa shape index (κ1) is 15.1. The normalized spacial score (nSPS) is 11.4. The van der Waals surface area contributed by atoms with Gasteiger partial charge in [-0.25, -0.2) is 13.2 Å². The largest absolute Gasteiger partial charge is 0.478 e. The van der Waals surface area contributed by atoms with Gasteiger partial charge < -0.3 is 9.84 Å². The van der Waals surface area contributed by atoms with Crippen molar-refractivity contribution in [2.24, 2.45) is 0 Å². The van der Waals surface area contributed by atoms with Crippen LogP contribution in [0.4, 0.5) is 0 Å². The van der Waals surface area contributed by atoms with Crippen molar-refractivity contribution in [3.63, 3.8) is 0 Å². The van der Waals surface area contributed by atoms with Gasteiger partial charge in [0.05, 0.1) is 16.2 Å². The molecule has 0 aliphatic heterocycles. The lowest BCUT2D eigenvalue weighted by molar-refractivity contribution is 0.0696. The number of sulfone groups is 1. The summed E-state index contributed by atoms with van der Waals surface area (Å²) in [5.41, 5.74) is -0.0523. The van der Waals surface area contributed by atoms with Gasteiger partial charge in [-0.15, -0.1) is 0 Å². The quantitative estimate of drug-likeness (QED) is 0.803. The second-order valence-corrected chi connectivity index (χ2v) is 6.55. The van der Waals surface area contributed by atoms with Crippen molar-refractivity contribution in [2.75, 3.05) is 19.5 Å². The van der Waals surface area contributed by atoms with E-state index >= 15 is 0 Å². The average Bonchev–Trinajstić information content (AvgIpc) is 2.29. The van der Waals surface area contributed by atoms with E-state index in [4.69, 9.17) is 9.84 Å². The molecule has 0 atom stereocenters. The number of carboxylic acids is 1. The fourth-order valence-corrected chi connectivity index (χ4v) is 3.75. The van der Waals surface area contributed by atoms with E-state index < -0.39 is 15.8 Å². The van der Waals surface area contributed by atoms with Crippen LogP contribution >= 0.6 is 15.9 Å². The smallest absolute Gasteiger partial charge is 0.335 e. The van der Waals surface area contributed by atoms with Crippen LogP contribution in [-0.2, 0) is 14.6 Å².